The Bertz CT molecular complexity index is 612. The Hall–Kier alpha value is -2.15. The molecule has 27 heavy (non-hydrogen) atoms. The standard InChI is InChI=1S/C21H28O6/c22-16(14-26-17-8-4-3-5-9-17)12-13-20-18(19(23)15-27-20)10-6-1-2-7-11-21(24)25/h1-5,8-9,12-13,16,18-20,22-23H,6-7,10-11,14-15H2,(H,24,25)/b2-1-,13-12+/t16-,18-,19-,20+/m0/s1. The summed E-state index contributed by atoms with van der Waals surface area (Å²) in [5, 5.41) is 28.8. The van der Waals surface area contributed by atoms with Gasteiger partial charge in [0, 0.05) is 12.3 Å². The number of rotatable bonds is 11. The highest BCUT2D eigenvalue weighted by Crippen LogP contribution is 2.27. The van der Waals surface area contributed by atoms with Crippen molar-refractivity contribution in [2.24, 2.45) is 5.92 Å². The number of carboxylic acid groups (broad SMARTS) is 1. The predicted octanol–water partition coefficient (Wildman–Crippen LogP) is 2.56. The van der Waals surface area contributed by atoms with E-state index in [9.17, 15) is 15.0 Å². The van der Waals surface area contributed by atoms with Gasteiger partial charge < -0.3 is 24.8 Å². The Morgan fingerprint density at radius 3 is 2.74 bits per heavy atom. The lowest BCUT2D eigenvalue weighted by molar-refractivity contribution is -0.136. The molecule has 1 aliphatic heterocycles. The smallest absolute Gasteiger partial charge is 0.303 e. The van der Waals surface area contributed by atoms with Crippen LogP contribution in [0, 0.1) is 5.92 Å². The van der Waals surface area contributed by atoms with Crippen LogP contribution in [0.5, 0.6) is 5.75 Å². The van der Waals surface area contributed by atoms with Crippen LogP contribution >= 0.6 is 0 Å². The summed E-state index contributed by atoms with van der Waals surface area (Å²) in [4.78, 5) is 10.5. The van der Waals surface area contributed by atoms with Crippen molar-refractivity contribution in [3.05, 3.63) is 54.6 Å². The van der Waals surface area contributed by atoms with Crippen LogP contribution in [-0.2, 0) is 9.53 Å². The van der Waals surface area contributed by atoms with E-state index in [0.29, 0.717) is 12.2 Å². The maximum atomic E-state index is 10.5. The minimum absolute atomic E-state index is 0.0485. The molecule has 0 unspecified atom stereocenters. The van der Waals surface area contributed by atoms with Gasteiger partial charge in [0.2, 0.25) is 0 Å². The summed E-state index contributed by atoms with van der Waals surface area (Å²) in [6.07, 6.45) is 7.78. The molecule has 0 saturated carbocycles. The molecule has 4 atom stereocenters. The van der Waals surface area contributed by atoms with Gasteiger partial charge in [-0.25, -0.2) is 0 Å². The number of hydrogen-bond acceptors (Lipinski definition) is 5. The van der Waals surface area contributed by atoms with E-state index in [1.165, 1.54) is 0 Å². The third-order valence-corrected chi connectivity index (χ3v) is 4.42. The van der Waals surface area contributed by atoms with Gasteiger partial charge in [-0.3, -0.25) is 4.79 Å². The molecule has 148 valence electrons. The number of allylic oxidation sites excluding steroid dienone is 2. The fourth-order valence-corrected chi connectivity index (χ4v) is 2.95. The Morgan fingerprint density at radius 1 is 1.26 bits per heavy atom. The van der Waals surface area contributed by atoms with E-state index in [1.54, 1.807) is 12.2 Å². The Kier molecular flexibility index (Phi) is 9.04. The quantitative estimate of drug-likeness (QED) is 0.514. The zero-order chi connectivity index (χ0) is 19.5. The number of ether oxygens (including phenoxy) is 2. The van der Waals surface area contributed by atoms with Gasteiger partial charge >= 0.3 is 5.97 Å². The normalized spacial score (nSPS) is 23.9. The lowest BCUT2D eigenvalue weighted by Crippen LogP contribution is -2.23. The summed E-state index contributed by atoms with van der Waals surface area (Å²) >= 11 is 0. The summed E-state index contributed by atoms with van der Waals surface area (Å²) in [6.45, 7) is 0.422. The molecule has 0 bridgehead atoms. The number of aliphatic hydroxyl groups excluding tert-OH is 2. The van der Waals surface area contributed by atoms with E-state index in [0.717, 1.165) is 12.8 Å². The fraction of sp³-hybridized carbons (Fsp3) is 0.476. The third kappa shape index (κ3) is 7.95. The molecule has 6 heteroatoms. The van der Waals surface area contributed by atoms with Crippen LogP contribution in [0.1, 0.15) is 25.7 Å². The molecule has 1 heterocycles. The molecule has 0 radical (unpaired) electrons. The van der Waals surface area contributed by atoms with Crippen molar-refractivity contribution < 1.29 is 29.6 Å². The molecular formula is C21H28O6. The van der Waals surface area contributed by atoms with Crippen molar-refractivity contribution in [2.75, 3.05) is 13.2 Å². The van der Waals surface area contributed by atoms with Gasteiger partial charge in [0.15, 0.2) is 0 Å². The summed E-state index contributed by atoms with van der Waals surface area (Å²) in [6, 6.07) is 9.28. The zero-order valence-corrected chi connectivity index (χ0v) is 15.3. The molecule has 0 aromatic heterocycles. The minimum atomic E-state index is -0.806. The summed E-state index contributed by atoms with van der Waals surface area (Å²) in [7, 11) is 0. The molecule has 0 spiro atoms. The first kappa shape index (κ1) is 21.2. The number of carboxylic acids is 1. The molecule has 1 aliphatic rings. The van der Waals surface area contributed by atoms with Crippen molar-refractivity contribution in [2.45, 2.75) is 44.0 Å². The maximum absolute atomic E-state index is 10.5. The van der Waals surface area contributed by atoms with Gasteiger partial charge in [-0.15, -0.1) is 0 Å². The molecule has 1 fully saturated rings. The maximum Gasteiger partial charge on any atom is 0.303 e. The number of carbonyl (C=O) groups is 1. The van der Waals surface area contributed by atoms with Crippen LogP contribution in [0.2, 0.25) is 0 Å². The van der Waals surface area contributed by atoms with E-state index in [-0.39, 0.29) is 31.7 Å². The van der Waals surface area contributed by atoms with E-state index < -0.39 is 18.2 Å². The number of aliphatic carboxylic acids is 1. The molecule has 1 aromatic carbocycles. The molecule has 2 rings (SSSR count). The second-order valence-corrected chi connectivity index (χ2v) is 6.59. The van der Waals surface area contributed by atoms with Crippen LogP contribution in [0.3, 0.4) is 0 Å². The summed E-state index contributed by atoms with van der Waals surface area (Å²) in [5.41, 5.74) is 0. The molecular weight excluding hydrogens is 348 g/mol. The molecule has 6 nitrogen and oxygen atoms in total. The van der Waals surface area contributed by atoms with Crippen LogP contribution in [0.15, 0.2) is 54.6 Å². The largest absolute Gasteiger partial charge is 0.491 e. The monoisotopic (exact) mass is 376 g/mol. The van der Waals surface area contributed by atoms with Gasteiger partial charge in [-0.2, -0.15) is 0 Å². The van der Waals surface area contributed by atoms with E-state index in [1.807, 2.05) is 42.5 Å². The Morgan fingerprint density at radius 2 is 2.00 bits per heavy atom. The second kappa shape index (κ2) is 11.5. The molecule has 1 aromatic rings. The lowest BCUT2D eigenvalue weighted by atomic mass is 9.93. The van der Waals surface area contributed by atoms with Crippen LogP contribution in [-0.4, -0.2) is 52.8 Å². The summed E-state index contributed by atoms with van der Waals surface area (Å²) in [5.74, 6) is -0.156. The van der Waals surface area contributed by atoms with E-state index >= 15 is 0 Å². The fourth-order valence-electron chi connectivity index (χ4n) is 2.95. The van der Waals surface area contributed by atoms with Gasteiger partial charge in [-0.05, 0) is 31.4 Å². The average molecular weight is 376 g/mol. The van der Waals surface area contributed by atoms with Crippen molar-refractivity contribution >= 4 is 5.97 Å². The number of hydrogen-bond donors (Lipinski definition) is 3. The molecule has 3 N–H and O–H groups in total. The second-order valence-electron chi connectivity index (χ2n) is 6.59. The number of aliphatic hydroxyl groups is 2. The Balaban J connectivity index is 1.74. The predicted molar refractivity (Wildman–Crippen MR) is 102 cm³/mol. The average Bonchev–Trinajstić information content (AvgIpc) is 3.01. The number of benzene rings is 1. The molecule has 1 saturated heterocycles. The first-order valence-electron chi connectivity index (χ1n) is 9.27. The highest BCUT2D eigenvalue weighted by molar-refractivity contribution is 5.66. The first-order valence-corrected chi connectivity index (χ1v) is 9.27. The van der Waals surface area contributed by atoms with Gasteiger partial charge in [0.05, 0.1) is 18.8 Å². The first-order chi connectivity index (χ1) is 13.1. The van der Waals surface area contributed by atoms with Crippen molar-refractivity contribution in [3.63, 3.8) is 0 Å². The zero-order valence-electron chi connectivity index (χ0n) is 15.3. The van der Waals surface area contributed by atoms with Crippen LogP contribution in [0.4, 0.5) is 0 Å². The minimum Gasteiger partial charge on any atom is -0.491 e. The van der Waals surface area contributed by atoms with Crippen molar-refractivity contribution in [3.8, 4) is 5.75 Å². The number of para-hydroxylation sites is 1. The van der Waals surface area contributed by atoms with E-state index in [4.69, 9.17) is 14.6 Å². The van der Waals surface area contributed by atoms with Gasteiger partial charge in [0.1, 0.15) is 18.5 Å². The molecule has 0 aliphatic carbocycles. The van der Waals surface area contributed by atoms with Crippen molar-refractivity contribution in [1.29, 1.82) is 0 Å². The Labute approximate surface area is 159 Å². The van der Waals surface area contributed by atoms with E-state index in [2.05, 4.69) is 0 Å². The van der Waals surface area contributed by atoms with Gasteiger partial charge in [0.25, 0.3) is 0 Å². The topological polar surface area (TPSA) is 96.2 Å². The highest BCUT2D eigenvalue weighted by Gasteiger charge is 2.33. The lowest BCUT2D eigenvalue weighted by Gasteiger charge is -2.17. The van der Waals surface area contributed by atoms with Crippen LogP contribution < -0.4 is 4.74 Å². The highest BCUT2D eigenvalue weighted by atomic mass is 16.5. The molecule has 0 amide bonds. The summed E-state index contributed by atoms with van der Waals surface area (Å²) < 4.78 is 11.1. The van der Waals surface area contributed by atoms with Gasteiger partial charge in [-0.1, -0.05) is 42.5 Å². The van der Waals surface area contributed by atoms with Crippen LogP contribution in [0.25, 0.3) is 0 Å². The van der Waals surface area contributed by atoms with Crippen molar-refractivity contribution in [1.82, 2.24) is 0 Å². The SMILES string of the molecule is O=C(O)CC/C=C\CC[C@H]1[C@@H](O)CO[C@@H]1/C=C/[C@H](O)COc1ccccc1. The third-order valence-electron chi connectivity index (χ3n) is 4.42.